The molecule has 1 aromatic carbocycles. The van der Waals surface area contributed by atoms with Gasteiger partial charge in [-0.1, -0.05) is 66.5 Å². The normalized spacial score (nSPS) is 23.1. The topological polar surface area (TPSA) is 9.23 Å². The summed E-state index contributed by atoms with van der Waals surface area (Å²) in [6.07, 6.45) is 6.51. The van der Waals surface area contributed by atoms with Crippen molar-refractivity contribution in [1.29, 1.82) is 0 Å². The predicted molar refractivity (Wildman–Crippen MR) is 114 cm³/mol. The molecule has 1 nitrogen and oxygen atoms in total. The molecule has 0 bridgehead atoms. The molecule has 0 aromatic heterocycles. The van der Waals surface area contributed by atoms with Crippen molar-refractivity contribution in [3.63, 3.8) is 0 Å². The smallest absolute Gasteiger partial charge is 0.120 e. The van der Waals surface area contributed by atoms with Gasteiger partial charge in [-0.3, -0.25) is 0 Å². The van der Waals surface area contributed by atoms with Gasteiger partial charge in [-0.2, -0.15) is 0 Å². The molecule has 1 fully saturated rings. The summed E-state index contributed by atoms with van der Waals surface area (Å²) in [6.45, 7) is 18.6. The second-order valence-electron chi connectivity index (χ2n) is 10.8. The van der Waals surface area contributed by atoms with Crippen LogP contribution in [-0.2, 0) is 0 Å². The molecule has 2 rings (SSSR count). The molecule has 0 spiro atoms. The minimum atomic E-state index is -0.0789. The van der Waals surface area contributed by atoms with E-state index < -0.39 is 0 Å². The lowest BCUT2D eigenvalue weighted by molar-refractivity contribution is 0.0188. The molecule has 26 heavy (non-hydrogen) atoms. The SMILES string of the molecule is CC1CCC(C(C)(C)Oc2ccc(C(CC(C)(C)C)C(C)C)cc2)CC1. The monoisotopic (exact) mass is 358 g/mol. The van der Waals surface area contributed by atoms with Crippen molar-refractivity contribution >= 4 is 0 Å². The minimum absolute atomic E-state index is 0.0789. The highest BCUT2D eigenvalue weighted by atomic mass is 16.5. The Morgan fingerprint density at radius 2 is 1.46 bits per heavy atom. The molecule has 1 aromatic rings. The average Bonchev–Trinajstić information content (AvgIpc) is 2.52. The standard InChI is InChI=1S/C25H42O/c1-18(2)23(17-24(4,5)6)20-11-15-22(16-12-20)26-25(7,8)21-13-9-19(3)10-14-21/h11-12,15-16,18-19,21,23H,9-10,13-14,17H2,1-8H3. The fourth-order valence-corrected chi connectivity index (χ4v) is 4.52. The Morgan fingerprint density at radius 3 is 1.92 bits per heavy atom. The van der Waals surface area contributed by atoms with Gasteiger partial charge in [0.1, 0.15) is 11.4 Å². The summed E-state index contributed by atoms with van der Waals surface area (Å²) in [4.78, 5) is 0. The van der Waals surface area contributed by atoms with Crippen LogP contribution >= 0.6 is 0 Å². The molecule has 148 valence electrons. The predicted octanol–water partition coefficient (Wildman–Crippen LogP) is 7.85. The quantitative estimate of drug-likeness (QED) is 0.503. The molecule has 0 aliphatic heterocycles. The molecule has 0 amide bonds. The summed E-state index contributed by atoms with van der Waals surface area (Å²) < 4.78 is 6.47. The summed E-state index contributed by atoms with van der Waals surface area (Å²) in [5.41, 5.74) is 1.72. The maximum Gasteiger partial charge on any atom is 0.120 e. The lowest BCUT2D eigenvalue weighted by Gasteiger charge is -2.39. The molecule has 1 unspecified atom stereocenters. The highest BCUT2D eigenvalue weighted by molar-refractivity contribution is 5.30. The van der Waals surface area contributed by atoms with Crippen LogP contribution in [0.2, 0.25) is 0 Å². The first kappa shape index (κ1) is 21.3. The molecule has 0 saturated heterocycles. The molecule has 1 heteroatoms. The maximum absolute atomic E-state index is 6.47. The Bertz CT molecular complexity index is 539. The summed E-state index contributed by atoms with van der Waals surface area (Å²) in [7, 11) is 0. The number of rotatable bonds is 6. The van der Waals surface area contributed by atoms with E-state index in [1.54, 1.807) is 0 Å². The molecule has 0 N–H and O–H groups in total. The lowest BCUT2D eigenvalue weighted by atomic mass is 9.75. The van der Waals surface area contributed by atoms with E-state index in [2.05, 4.69) is 79.7 Å². The zero-order valence-electron chi connectivity index (χ0n) is 18.6. The van der Waals surface area contributed by atoms with Gasteiger partial charge in [0.25, 0.3) is 0 Å². The first-order valence-corrected chi connectivity index (χ1v) is 10.8. The second-order valence-corrected chi connectivity index (χ2v) is 10.8. The highest BCUT2D eigenvalue weighted by Crippen LogP contribution is 2.39. The highest BCUT2D eigenvalue weighted by Gasteiger charge is 2.34. The summed E-state index contributed by atoms with van der Waals surface area (Å²) in [5, 5.41) is 0. The van der Waals surface area contributed by atoms with Gasteiger partial charge in [0.05, 0.1) is 0 Å². The van der Waals surface area contributed by atoms with Crippen molar-refractivity contribution in [2.24, 2.45) is 23.2 Å². The van der Waals surface area contributed by atoms with Gasteiger partial charge >= 0.3 is 0 Å². The Labute approximate surface area is 162 Å². The van der Waals surface area contributed by atoms with E-state index in [-0.39, 0.29) is 5.60 Å². The second kappa shape index (κ2) is 8.36. The summed E-state index contributed by atoms with van der Waals surface area (Å²) in [5.74, 6) is 3.84. The van der Waals surface area contributed by atoms with E-state index in [4.69, 9.17) is 4.74 Å². The van der Waals surface area contributed by atoms with E-state index >= 15 is 0 Å². The molecule has 1 atom stereocenters. The van der Waals surface area contributed by atoms with Gasteiger partial charge in [0.2, 0.25) is 0 Å². The molecular formula is C25H42O. The van der Waals surface area contributed by atoms with Crippen LogP contribution in [0.5, 0.6) is 5.75 Å². The van der Waals surface area contributed by atoms with E-state index in [0.29, 0.717) is 23.2 Å². The molecule has 1 aliphatic rings. The van der Waals surface area contributed by atoms with Crippen LogP contribution in [0.15, 0.2) is 24.3 Å². The van der Waals surface area contributed by atoms with Gasteiger partial charge in [-0.05, 0) is 79.9 Å². The Kier molecular flexibility index (Phi) is 6.86. The van der Waals surface area contributed by atoms with Crippen molar-refractivity contribution in [3.8, 4) is 5.75 Å². The third-order valence-corrected chi connectivity index (χ3v) is 6.33. The van der Waals surface area contributed by atoms with Crippen LogP contribution in [0.3, 0.4) is 0 Å². The third kappa shape index (κ3) is 6.03. The molecular weight excluding hydrogens is 316 g/mol. The van der Waals surface area contributed by atoms with Crippen LogP contribution in [-0.4, -0.2) is 5.60 Å². The summed E-state index contributed by atoms with van der Waals surface area (Å²) >= 11 is 0. The van der Waals surface area contributed by atoms with Gasteiger partial charge in [0, 0.05) is 0 Å². The molecule has 1 aliphatic carbocycles. The van der Waals surface area contributed by atoms with Gasteiger partial charge in [-0.25, -0.2) is 0 Å². The molecule has 0 heterocycles. The van der Waals surface area contributed by atoms with Crippen LogP contribution in [0.1, 0.15) is 99.0 Å². The van der Waals surface area contributed by atoms with Crippen LogP contribution in [0.25, 0.3) is 0 Å². The molecule has 1 saturated carbocycles. The fraction of sp³-hybridized carbons (Fsp3) is 0.760. The fourth-order valence-electron chi connectivity index (χ4n) is 4.52. The van der Waals surface area contributed by atoms with Crippen LogP contribution in [0.4, 0.5) is 0 Å². The van der Waals surface area contributed by atoms with Crippen LogP contribution in [0, 0.1) is 23.2 Å². The number of ether oxygens (including phenoxy) is 1. The van der Waals surface area contributed by atoms with Crippen molar-refractivity contribution in [3.05, 3.63) is 29.8 Å². The van der Waals surface area contributed by atoms with Gasteiger partial charge in [-0.15, -0.1) is 0 Å². The largest absolute Gasteiger partial charge is 0.488 e. The number of hydrogen-bond acceptors (Lipinski definition) is 1. The molecule has 0 radical (unpaired) electrons. The van der Waals surface area contributed by atoms with Gasteiger partial charge < -0.3 is 4.74 Å². The Hall–Kier alpha value is -0.980. The Balaban J connectivity index is 2.06. The maximum atomic E-state index is 6.47. The lowest BCUT2D eigenvalue weighted by Crippen LogP contribution is -2.39. The summed E-state index contributed by atoms with van der Waals surface area (Å²) in [6, 6.07) is 8.98. The van der Waals surface area contributed by atoms with Crippen molar-refractivity contribution in [1.82, 2.24) is 0 Å². The average molecular weight is 359 g/mol. The van der Waals surface area contributed by atoms with Gasteiger partial charge in [0.15, 0.2) is 0 Å². The van der Waals surface area contributed by atoms with E-state index in [0.717, 1.165) is 11.7 Å². The first-order valence-electron chi connectivity index (χ1n) is 10.8. The van der Waals surface area contributed by atoms with E-state index in [1.165, 1.54) is 37.7 Å². The van der Waals surface area contributed by atoms with E-state index in [9.17, 15) is 0 Å². The van der Waals surface area contributed by atoms with Crippen molar-refractivity contribution in [2.75, 3.05) is 0 Å². The zero-order valence-corrected chi connectivity index (χ0v) is 18.6. The third-order valence-electron chi connectivity index (χ3n) is 6.33. The minimum Gasteiger partial charge on any atom is -0.488 e. The van der Waals surface area contributed by atoms with Crippen LogP contribution < -0.4 is 4.74 Å². The Morgan fingerprint density at radius 1 is 0.923 bits per heavy atom. The van der Waals surface area contributed by atoms with E-state index in [1.807, 2.05) is 0 Å². The number of hydrogen-bond donors (Lipinski definition) is 0. The zero-order chi connectivity index (χ0) is 19.5. The van der Waals surface area contributed by atoms with Crippen molar-refractivity contribution in [2.45, 2.75) is 99.0 Å². The number of benzene rings is 1. The first-order chi connectivity index (χ1) is 12.0. The van der Waals surface area contributed by atoms with Crippen molar-refractivity contribution < 1.29 is 4.74 Å².